The lowest BCUT2D eigenvalue weighted by atomic mass is 10.1. The van der Waals surface area contributed by atoms with E-state index < -0.39 is 12.6 Å². The Bertz CT molecular complexity index is 176. The third-order valence-corrected chi connectivity index (χ3v) is 2.90. The maximum Gasteiger partial charge on any atom is 0.389 e. The monoisotopic (exact) mass is 224 g/mol. The Hall–Kier alpha value is -0.290. The molecule has 1 rings (SSSR count). The van der Waals surface area contributed by atoms with Crippen molar-refractivity contribution in [2.24, 2.45) is 0 Å². The summed E-state index contributed by atoms with van der Waals surface area (Å²) < 4.78 is 35.8. The van der Waals surface area contributed by atoms with Crippen molar-refractivity contribution < 1.29 is 13.2 Å². The van der Waals surface area contributed by atoms with Crippen LogP contribution >= 0.6 is 0 Å². The highest BCUT2D eigenvalue weighted by Crippen LogP contribution is 2.21. The molecule has 1 heterocycles. The summed E-state index contributed by atoms with van der Waals surface area (Å²) >= 11 is 0. The van der Waals surface area contributed by atoms with Gasteiger partial charge in [0.15, 0.2) is 0 Å². The zero-order valence-corrected chi connectivity index (χ0v) is 9.11. The molecule has 0 saturated carbocycles. The van der Waals surface area contributed by atoms with E-state index in [1.807, 2.05) is 7.05 Å². The van der Waals surface area contributed by atoms with E-state index in [1.54, 1.807) is 0 Å². The molecule has 1 aliphatic heterocycles. The number of rotatable bonds is 4. The lowest BCUT2D eigenvalue weighted by molar-refractivity contribution is -0.136. The van der Waals surface area contributed by atoms with Crippen LogP contribution in [0.4, 0.5) is 13.2 Å². The first-order valence-corrected chi connectivity index (χ1v) is 5.47. The summed E-state index contributed by atoms with van der Waals surface area (Å²) in [4.78, 5) is 2.06. The Morgan fingerprint density at radius 1 is 1.27 bits per heavy atom. The van der Waals surface area contributed by atoms with Gasteiger partial charge in [-0.1, -0.05) is 0 Å². The number of piperidine rings is 1. The summed E-state index contributed by atoms with van der Waals surface area (Å²) in [7, 11) is 1.92. The van der Waals surface area contributed by atoms with Crippen molar-refractivity contribution in [2.45, 2.75) is 37.9 Å². The minimum absolute atomic E-state index is 0.212. The van der Waals surface area contributed by atoms with E-state index in [-0.39, 0.29) is 6.42 Å². The molecule has 0 aliphatic carbocycles. The van der Waals surface area contributed by atoms with E-state index >= 15 is 0 Å². The molecule has 0 aromatic heterocycles. The van der Waals surface area contributed by atoms with Gasteiger partial charge < -0.3 is 10.2 Å². The molecular formula is C10H19F3N2. The molecule has 0 atom stereocenters. The van der Waals surface area contributed by atoms with Crippen molar-refractivity contribution in [1.82, 2.24) is 10.2 Å². The lowest BCUT2D eigenvalue weighted by Crippen LogP contribution is -2.41. The number of halogens is 3. The van der Waals surface area contributed by atoms with Gasteiger partial charge in [-0.3, -0.25) is 0 Å². The first-order valence-electron chi connectivity index (χ1n) is 5.47. The topological polar surface area (TPSA) is 15.3 Å². The molecule has 0 aromatic rings. The smallest absolute Gasteiger partial charge is 0.317 e. The van der Waals surface area contributed by atoms with Crippen molar-refractivity contribution in [3.63, 3.8) is 0 Å². The van der Waals surface area contributed by atoms with Crippen molar-refractivity contribution >= 4 is 0 Å². The van der Waals surface area contributed by atoms with Gasteiger partial charge in [-0.2, -0.15) is 13.2 Å². The van der Waals surface area contributed by atoms with Crippen molar-refractivity contribution in [3.8, 4) is 0 Å². The highest BCUT2D eigenvalue weighted by atomic mass is 19.4. The maximum absolute atomic E-state index is 11.9. The number of hydrogen-bond donors (Lipinski definition) is 1. The van der Waals surface area contributed by atoms with Crippen LogP contribution in [0.5, 0.6) is 0 Å². The molecule has 1 saturated heterocycles. The average molecular weight is 224 g/mol. The third kappa shape index (κ3) is 5.37. The van der Waals surface area contributed by atoms with Crippen LogP contribution in [0.1, 0.15) is 25.7 Å². The molecule has 0 radical (unpaired) electrons. The lowest BCUT2D eigenvalue weighted by Gasteiger charge is -2.31. The molecule has 1 fully saturated rings. The summed E-state index contributed by atoms with van der Waals surface area (Å²) in [5, 5.41) is 3.24. The molecular weight excluding hydrogens is 205 g/mol. The van der Waals surface area contributed by atoms with Crippen molar-refractivity contribution in [3.05, 3.63) is 0 Å². The van der Waals surface area contributed by atoms with E-state index in [4.69, 9.17) is 0 Å². The van der Waals surface area contributed by atoms with Crippen LogP contribution in [0.15, 0.2) is 0 Å². The predicted octanol–water partition coefficient (Wildman–Crippen LogP) is 2.01. The zero-order valence-electron chi connectivity index (χ0n) is 9.11. The van der Waals surface area contributed by atoms with Gasteiger partial charge in [-0.25, -0.2) is 0 Å². The van der Waals surface area contributed by atoms with Gasteiger partial charge in [-0.05, 0) is 45.9 Å². The summed E-state index contributed by atoms with van der Waals surface area (Å²) in [6.45, 7) is 2.51. The molecule has 1 N–H and O–H groups in total. The van der Waals surface area contributed by atoms with Crippen LogP contribution in [-0.4, -0.2) is 43.8 Å². The summed E-state index contributed by atoms with van der Waals surface area (Å²) in [6, 6.07) is 0.458. The van der Waals surface area contributed by atoms with Gasteiger partial charge in [0.2, 0.25) is 0 Å². The van der Waals surface area contributed by atoms with E-state index in [2.05, 4.69) is 10.2 Å². The molecule has 0 bridgehead atoms. The number of hydrogen-bond acceptors (Lipinski definition) is 2. The zero-order chi connectivity index (χ0) is 11.3. The van der Waals surface area contributed by atoms with Crippen LogP contribution < -0.4 is 5.32 Å². The summed E-state index contributed by atoms with van der Waals surface area (Å²) in [6.07, 6.45) is -2.37. The molecule has 0 spiro atoms. The fraction of sp³-hybridized carbons (Fsp3) is 1.00. The summed E-state index contributed by atoms with van der Waals surface area (Å²) in [5.74, 6) is 0. The van der Waals surface area contributed by atoms with Crippen molar-refractivity contribution in [1.29, 1.82) is 0 Å². The van der Waals surface area contributed by atoms with Gasteiger partial charge in [0, 0.05) is 12.5 Å². The summed E-state index contributed by atoms with van der Waals surface area (Å²) in [5.41, 5.74) is 0. The first kappa shape index (κ1) is 12.8. The SMILES string of the molecule is CN(CCCC(F)(F)F)C1CCNCC1. The largest absolute Gasteiger partial charge is 0.389 e. The highest BCUT2D eigenvalue weighted by molar-refractivity contribution is 4.75. The molecule has 2 nitrogen and oxygen atoms in total. The maximum atomic E-state index is 11.9. The number of nitrogens with zero attached hydrogens (tertiary/aromatic N) is 1. The molecule has 0 unspecified atom stereocenters. The second kappa shape index (κ2) is 5.70. The Balaban J connectivity index is 2.14. The molecule has 5 heteroatoms. The molecule has 15 heavy (non-hydrogen) atoms. The second-order valence-corrected chi connectivity index (χ2v) is 4.18. The number of nitrogens with one attached hydrogen (secondary N) is 1. The predicted molar refractivity (Wildman–Crippen MR) is 53.8 cm³/mol. The third-order valence-electron chi connectivity index (χ3n) is 2.90. The van der Waals surface area contributed by atoms with Crippen LogP contribution in [0.25, 0.3) is 0 Å². The Morgan fingerprint density at radius 2 is 1.87 bits per heavy atom. The molecule has 90 valence electrons. The minimum atomic E-state index is -4.00. The van der Waals surface area contributed by atoms with Crippen LogP contribution in [0.2, 0.25) is 0 Å². The van der Waals surface area contributed by atoms with Crippen LogP contribution in [0, 0.1) is 0 Å². The molecule has 0 aromatic carbocycles. The van der Waals surface area contributed by atoms with Gasteiger partial charge in [-0.15, -0.1) is 0 Å². The quantitative estimate of drug-likeness (QED) is 0.786. The Labute approximate surface area is 88.8 Å². The highest BCUT2D eigenvalue weighted by Gasteiger charge is 2.27. The minimum Gasteiger partial charge on any atom is -0.317 e. The fourth-order valence-corrected chi connectivity index (χ4v) is 1.96. The van der Waals surface area contributed by atoms with Gasteiger partial charge in [0.1, 0.15) is 0 Å². The average Bonchev–Trinajstić information content (AvgIpc) is 2.17. The van der Waals surface area contributed by atoms with Gasteiger partial charge in [0.25, 0.3) is 0 Å². The first-order chi connectivity index (χ1) is 6.99. The number of alkyl halides is 3. The van der Waals surface area contributed by atoms with Gasteiger partial charge >= 0.3 is 6.18 Å². The van der Waals surface area contributed by atoms with Crippen molar-refractivity contribution in [2.75, 3.05) is 26.7 Å². The van der Waals surface area contributed by atoms with Gasteiger partial charge in [0.05, 0.1) is 0 Å². The van der Waals surface area contributed by atoms with E-state index in [0.717, 1.165) is 25.9 Å². The van der Waals surface area contributed by atoms with E-state index in [1.165, 1.54) is 0 Å². The van der Waals surface area contributed by atoms with E-state index in [0.29, 0.717) is 12.6 Å². The standard InChI is InChI=1S/C10H19F3N2/c1-15(8-2-5-10(11,12)13)9-3-6-14-7-4-9/h9,14H,2-8H2,1H3. The second-order valence-electron chi connectivity index (χ2n) is 4.18. The fourth-order valence-electron chi connectivity index (χ4n) is 1.96. The normalized spacial score (nSPS) is 19.8. The molecule has 0 amide bonds. The van der Waals surface area contributed by atoms with Crippen LogP contribution in [-0.2, 0) is 0 Å². The Morgan fingerprint density at radius 3 is 2.40 bits per heavy atom. The van der Waals surface area contributed by atoms with Crippen LogP contribution in [0.3, 0.4) is 0 Å². The van der Waals surface area contributed by atoms with E-state index in [9.17, 15) is 13.2 Å². The Kier molecular flexibility index (Phi) is 4.86. The molecule has 1 aliphatic rings.